The quantitative estimate of drug-likeness (QED) is 0.658. The van der Waals surface area contributed by atoms with Crippen molar-refractivity contribution in [3.63, 3.8) is 0 Å². The fraction of sp³-hybridized carbons (Fsp3) is 0.273. The molecule has 0 fully saturated rings. The number of ketones is 1. The fourth-order valence-electron chi connectivity index (χ4n) is 1.24. The predicted molar refractivity (Wildman–Crippen MR) is 49.8 cm³/mol. The first-order valence-electron chi connectivity index (χ1n) is 4.40. The van der Waals surface area contributed by atoms with Crippen LogP contribution >= 0.6 is 0 Å². The number of carboxylic acid groups (broad SMARTS) is 1. The van der Waals surface area contributed by atoms with Crippen molar-refractivity contribution >= 4 is 11.8 Å². The van der Waals surface area contributed by atoms with Gasteiger partial charge in [0.1, 0.15) is 0 Å². The van der Waals surface area contributed by atoms with Crippen LogP contribution in [-0.2, 0) is 4.79 Å². The van der Waals surface area contributed by atoms with Crippen LogP contribution in [0.4, 0.5) is 0 Å². The molecule has 3 nitrogen and oxygen atoms in total. The number of hydrogen-bond donors (Lipinski definition) is 0. The number of benzene rings is 1. The molecule has 0 aliphatic rings. The second-order valence-electron chi connectivity index (χ2n) is 3.11. The lowest BCUT2D eigenvalue weighted by Crippen LogP contribution is -2.22. The second-order valence-corrected chi connectivity index (χ2v) is 3.11. The monoisotopic (exact) mass is 191 g/mol. The zero-order valence-corrected chi connectivity index (χ0v) is 7.95. The number of aryl methyl sites for hydroxylation is 1. The molecule has 14 heavy (non-hydrogen) atoms. The summed E-state index contributed by atoms with van der Waals surface area (Å²) >= 11 is 0. The third kappa shape index (κ3) is 2.69. The van der Waals surface area contributed by atoms with Crippen LogP contribution in [0.5, 0.6) is 0 Å². The number of aliphatic carboxylic acids is 1. The Balaban J connectivity index is 2.70. The SMILES string of the molecule is Cc1ccccc1C(=O)CCC(=O)[O-]. The molecule has 1 aromatic carbocycles. The van der Waals surface area contributed by atoms with Gasteiger partial charge in [0.2, 0.25) is 0 Å². The number of hydrogen-bond acceptors (Lipinski definition) is 3. The Morgan fingerprint density at radius 3 is 2.43 bits per heavy atom. The van der Waals surface area contributed by atoms with Gasteiger partial charge < -0.3 is 9.90 Å². The van der Waals surface area contributed by atoms with Crippen molar-refractivity contribution in [2.75, 3.05) is 0 Å². The Morgan fingerprint density at radius 2 is 1.86 bits per heavy atom. The number of rotatable bonds is 4. The molecule has 0 atom stereocenters. The van der Waals surface area contributed by atoms with Crippen LogP contribution in [0.25, 0.3) is 0 Å². The zero-order chi connectivity index (χ0) is 10.6. The number of Topliss-reactive ketones (excluding diaryl/α,β-unsaturated/α-hetero) is 1. The standard InChI is InChI=1S/C11H12O3/c1-8-4-2-3-5-9(8)10(12)6-7-11(13)14/h2-5H,6-7H2,1H3,(H,13,14)/p-1. The van der Waals surface area contributed by atoms with Crippen LogP contribution in [-0.4, -0.2) is 11.8 Å². The summed E-state index contributed by atoms with van der Waals surface area (Å²) in [6.45, 7) is 1.83. The van der Waals surface area contributed by atoms with E-state index < -0.39 is 5.97 Å². The maximum atomic E-state index is 11.5. The van der Waals surface area contributed by atoms with Gasteiger partial charge in [-0.3, -0.25) is 4.79 Å². The number of carbonyl (C=O) groups excluding carboxylic acids is 2. The van der Waals surface area contributed by atoms with Crippen molar-refractivity contribution < 1.29 is 14.7 Å². The van der Waals surface area contributed by atoms with Crippen LogP contribution < -0.4 is 5.11 Å². The smallest absolute Gasteiger partial charge is 0.163 e. The molecule has 0 unspecified atom stereocenters. The third-order valence-corrected chi connectivity index (χ3v) is 2.00. The summed E-state index contributed by atoms with van der Waals surface area (Å²) in [4.78, 5) is 21.6. The van der Waals surface area contributed by atoms with Crippen LogP contribution in [0.2, 0.25) is 0 Å². The van der Waals surface area contributed by atoms with Crippen molar-refractivity contribution in [3.05, 3.63) is 35.4 Å². The number of carboxylic acids is 1. The van der Waals surface area contributed by atoms with E-state index in [1.807, 2.05) is 19.1 Å². The molecule has 0 N–H and O–H groups in total. The van der Waals surface area contributed by atoms with Crippen LogP contribution in [0.1, 0.15) is 28.8 Å². The lowest BCUT2D eigenvalue weighted by atomic mass is 10.0. The molecule has 0 spiro atoms. The van der Waals surface area contributed by atoms with Gasteiger partial charge in [0.15, 0.2) is 5.78 Å². The lowest BCUT2D eigenvalue weighted by molar-refractivity contribution is -0.305. The van der Waals surface area contributed by atoms with E-state index in [2.05, 4.69) is 0 Å². The highest BCUT2D eigenvalue weighted by Crippen LogP contribution is 2.10. The Bertz CT molecular complexity index is 355. The summed E-state index contributed by atoms with van der Waals surface area (Å²) < 4.78 is 0. The zero-order valence-electron chi connectivity index (χ0n) is 7.95. The normalized spacial score (nSPS) is 9.79. The van der Waals surface area contributed by atoms with Crippen LogP contribution in [0, 0.1) is 6.92 Å². The first kappa shape index (κ1) is 10.4. The molecule has 0 heterocycles. The van der Waals surface area contributed by atoms with Gasteiger partial charge in [0.05, 0.1) is 0 Å². The van der Waals surface area contributed by atoms with Gasteiger partial charge in [-0.15, -0.1) is 0 Å². The Hall–Kier alpha value is -1.64. The minimum Gasteiger partial charge on any atom is -0.550 e. The summed E-state index contributed by atoms with van der Waals surface area (Å²) in [6.07, 6.45) is -0.208. The molecule has 0 aromatic heterocycles. The van der Waals surface area contributed by atoms with Gasteiger partial charge in [-0.2, -0.15) is 0 Å². The minimum atomic E-state index is -1.19. The molecule has 0 amide bonds. The number of carbonyl (C=O) groups is 2. The van der Waals surface area contributed by atoms with E-state index in [-0.39, 0.29) is 18.6 Å². The summed E-state index contributed by atoms with van der Waals surface area (Å²) in [5, 5.41) is 10.2. The topological polar surface area (TPSA) is 57.2 Å². The van der Waals surface area contributed by atoms with Gasteiger partial charge >= 0.3 is 0 Å². The van der Waals surface area contributed by atoms with E-state index in [1.165, 1.54) is 0 Å². The first-order chi connectivity index (χ1) is 6.61. The summed E-state index contributed by atoms with van der Waals surface area (Å²) in [5.41, 5.74) is 1.46. The molecule has 74 valence electrons. The highest BCUT2D eigenvalue weighted by atomic mass is 16.4. The molecule has 0 saturated carbocycles. The summed E-state index contributed by atoms with van der Waals surface area (Å²) in [5.74, 6) is -1.33. The highest BCUT2D eigenvalue weighted by molar-refractivity contribution is 5.98. The predicted octanol–water partition coefficient (Wildman–Crippen LogP) is 0.708. The summed E-state index contributed by atoms with van der Waals surface area (Å²) in [6, 6.07) is 7.13. The molecular weight excluding hydrogens is 180 g/mol. The van der Waals surface area contributed by atoms with Crippen molar-refractivity contribution in [1.82, 2.24) is 0 Å². The second kappa shape index (κ2) is 4.56. The van der Waals surface area contributed by atoms with Gasteiger partial charge in [0.25, 0.3) is 0 Å². The molecule has 3 heteroatoms. The van der Waals surface area contributed by atoms with Crippen LogP contribution in [0.3, 0.4) is 0 Å². The van der Waals surface area contributed by atoms with Gasteiger partial charge in [-0.25, -0.2) is 0 Å². The van der Waals surface area contributed by atoms with Crippen molar-refractivity contribution in [2.45, 2.75) is 19.8 Å². The van der Waals surface area contributed by atoms with E-state index in [0.717, 1.165) is 5.56 Å². The molecule has 0 bridgehead atoms. The minimum absolute atomic E-state index is 0.00713. The Kier molecular flexibility index (Phi) is 3.40. The van der Waals surface area contributed by atoms with E-state index in [9.17, 15) is 14.7 Å². The van der Waals surface area contributed by atoms with Crippen molar-refractivity contribution in [1.29, 1.82) is 0 Å². The molecule has 0 aliphatic heterocycles. The Morgan fingerprint density at radius 1 is 1.21 bits per heavy atom. The van der Waals surface area contributed by atoms with Crippen molar-refractivity contribution in [2.24, 2.45) is 0 Å². The first-order valence-corrected chi connectivity index (χ1v) is 4.40. The Labute approximate surface area is 82.4 Å². The molecular formula is C11H11O3-. The van der Waals surface area contributed by atoms with E-state index in [4.69, 9.17) is 0 Å². The molecule has 1 aromatic rings. The van der Waals surface area contributed by atoms with E-state index in [0.29, 0.717) is 5.56 Å². The van der Waals surface area contributed by atoms with Crippen LogP contribution in [0.15, 0.2) is 24.3 Å². The van der Waals surface area contributed by atoms with Gasteiger partial charge in [-0.05, 0) is 18.9 Å². The molecule has 1 rings (SSSR count). The fourth-order valence-corrected chi connectivity index (χ4v) is 1.24. The maximum Gasteiger partial charge on any atom is 0.163 e. The lowest BCUT2D eigenvalue weighted by Gasteiger charge is -2.04. The highest BCUT2D eigenvalue weighted by Gasteiger charge is 2.07. The van der Waals surface area contributed by atoms with Gasteiger partial charge in [0, 0.05) is 18.0 Å². The maximum absolute atomic E-state index is 11.5. The van der Waals surface area contributed by atoms with E-state index in [1.54, 1.807) is 12.1 Å². The third-order valence-electron chi connectivity index (χ3n) is 2.00. The average molecular weight is 191 g/mol. The molecule has 0 saturated heterocycles. The van der Waals surface area contributed by atoms with Crippen molar-refractivity contribution in [3.8, 4) is 0 Å². The summed E-state index contributed by atoms with van der Waals surface area (Å²) in [7, 11) is 0. The average Bonchev–Trinajstić information content (AvgIpc) is 2.15. The molecule has 0 aliphatic carbocycles. The molecule has 0 radical (unpaired) electrons. The van der Waals surface area contributed by atoms with Gasteiger partial charge in [-0.1, -0.05) is 24.3 Å². The largest absolute Gasteiger partial charge is 0.550 e. The van der Waals surface area contributed by atoms with E-state index >= 15 is 0 Å².